The average molecular weight is 666 g/mol. The van der Waals surface area contributed by atoms with Crippen LogP contribution < -0.4 is 4.90 Å². The van der Waals surface area contributed by atoms with Crippen molar-refractivity contribution in [1.29, 1.82) is 0 Å². The number of aromatic nitrogens is 4. The molecular formula is C47H31N5. The van der Waals surface area contributed by atoms with Gasteiger partial charge < -0.3 is 9.47 Å². The number of anilines is 3. The van der Waals surface area contributed by atoms with Gasteiger partial charge >= 0.3 is 0 Å². The van der Waals surface area contributed by atoms with Crippen molar-refractivity contribution in [3.8, 4) is 39.9 Å². The van der Waals surface area contributed by atoms with E-state index in [2.05, 4.69) is 137 Å². The van der Waals surface area contributed by atoms with E-state index in [9.17, 15) is 0 Å². The molecule has 2 aromatic heterocycles. The fourth-order valence-electron chi connectivity index (χ4n) is 7.32. The lowest BCUT2D eigenvalue weighted by Gasteiger charge is -2.27. The van der Waals surface area contributed by atoms with Crippen LogP contribution in [0.5, 0.6) is 0 Å². The maximum Gasteiger partial charge on any atom is 0.164 e. The highest BCUT2D eigenvalue weighted by atomic mass is 15.1. The third-order valence-corrected chi connectivity index (χ3v) is 9.78. The Hall–Kier alpha value is -7.11. The first-order valence-corrected chi connectivity index (χ1v) is 17.5. The predicted octanol–water partition coefficient (Wildman–Crippen LogP) is 11.9. The zero-order valence-corrected chi connectivity index (χ0v) is 28.1. The Morgan fingerprint density at radius 2 is 0.885 bits per heavy atom. The molecular weight excluding hydrogens is 635 g/mol. The minimum atomic E-state index is 0.637. The molecule has 9 aromatic rings. The number of benzene rings is 7. The van der Waals surface area contributed by atoms with Crippen molar-refractivity contribution < 1.29 is 0 Å². The van der Waals surface area contributed by atoms with E-state index in [0.717, 1.165) is 56.0 Å². The molecule has 0 radical (unpaired) electrons. The molecule has 0 saturated carbocycles. The van der Waals surface area contributed by atoms with E-state index in [1.807, 2.05) is 60.7 Å². The molecule has 0 aliphatic carbocycles. The van der Waals surface area contributed by atoms with Crippen LogP contribution in [0.3, 0.4) is 0 Å². The third-order valence-electron chi connectivity index (χ3n) is 9.78. The molecule has 244 valence electrons. The summed E-state index contributed by atoms with van der Waals surface area (Å²) in [6, 6.07) is 61.4. The van der Waals surface area contributed by atoms with E-state index in [0.29, 0.717) is 17.5 Å². The largest absolute Gasteiger partial charge is 0.309 e. The molecule has 0 amide bonds. The van der Waals surface area contributed by atoms with Crippen LogP contribution in [0.2, 0.25) is 0 Å². The second kappa shape index (κ2) is 12.3. The zero-order valence-electron chi connectivity index (χ0n) is 28.1. The second-order valence-corrected chi connectivity index (χ2v) is 12.9. The molecule has 7 aromatic carbocycles. The van der Waals surface area contributed by atoms with E-state index >= 15 is 0 Å². The maximum absolute atomic E-state index is 4.96. The first-order valence-electron chi connectivity index (χ1n) is 17.5. The Balaban J connectivity index is 1.13. The highest BCUT2D eigenvalue weighted by Gasteiger charge is 2.23. The summed E-state index contributed by atoms with van der Waals surface area (Å²) in [5, 5.41) is 2.40. The first-order chi connectivity index (χ1) is 25.8. The standard InChI is InChI=1S/C47H31N5/c1-4-15-33(16-5-1)45-48-46(34-17-6-2-7-18-34)50-47(49-45)35-26-28-38(29-27-35)52-42-23-13-11-21-39(42)40-31-43-36(30-44(40)52)25-24-32-14-10-12-22-41(32)51(43)37-19-8-3-9-20-37/h1-31H. The topological polar surface area (TPSA) is 46.8 Å². The van der Waals surface area contributed by atoms with Gasteiger partial charge in [-0.05, 0) is 66.2 Å². The summed E-state index contributed by atoms with van der Waals surface area (Å²) in [5.41, 5.74) is 12.0. The summed E-state index contributed by atoms with van der Waals surface area (Å²) in [6.45, 7) is 0. The van der Waals surface area contributed by atoms with Gasteiger partial charge in [-0.25, -0.2) is 15.0 Å². The normalized spacial score (nSPS) is 12.1. The highest BCUT2D eigenvalue weighted by molar-refractivity contribution is 6.12. The summed E-state index contributed by atoms with van der Waals surface area (Å²) >= 11 is 0. The number of hydrogen-bond acceptors (Lipinski definition) is 4. The number of nitrogens with zero attached hydrogens (tertiary/aromatic N) is 5. The molecule has 52 heavy (non-hydrogen) atoms. The summed E-state index contributed by atoms with van der Waals surface area (Å²) in [4.78, 5) is 17.2. The van der Waals surface area contributed by atoms with Gasteiger partial charge in [-0.15, -0.1) is 0 Å². The van der Waals surface area contributed by atoms with Crippen LogP contribution in [0, 0.1) is 0 Å². The Kier molecular flexibility index (Phi) is 7.07. The predicted molar refractivity (Wildman–Crippen MR) is 214 cm³/mol. The fourth-order valence-corrected chi connectivity index (χ4v) is 7.32. The van der Waals surface area contributed by atoms with Gasteiger partial charge in [0.05, 0.1) is 22.4 Å². The maximum atomic E-state index is 4.96. The van der Waals surface area contributed by atoms with Crippen LogP contribution >= 0.6 is 0 Å². The van der Waals surface area contributed by atoms with Gasteiger partial charge in [-0.2, -0.15) is 0 Å². The number of rotatable bonds is 5. The molecule has 0 N–H and O–H groups in total. The van der Waals surface area contributed by atoms with Gasteiger partial charge in [-0.1, -0.05) is 127 Å². The Labute approximate surface area is 301 Å². The smallest absolute Gasteiger partial charge is 0.164 e. The van der Waals surface area contributed by atoms with Crippen molar-refractivity contribution in [2.24, 2.45) is 0 Å². The van der Waals surface area contributed by atoms with Crippen LogP contribution in [0.1, 0.15) is 11.1 Å². The van der Waals surface area contributed by atoms with Crippen molar-refractivity contribution in [3.63, 3.8) is 0 Å². The molecule has 0 fully saturated rings. The molecule has 0 saturated heterocycles. The van der Waals surface area contributed by atoms with Crippen LogP contribution in [0.4, 0.5) is 17.1 Å². The van der Waals surface area contributed by atoms with E-state index in [1.54, 1.807) is 0 Å². The molecule has 0 bridgehead atoms. The van der Waals surface area contributed by atoms with Crippen LogP contribution in [-0.4, -0.2) is 19.5 Å². The van der Waals surface area contributed by atoms with Gasteiger partial charge in [0.2, 0.25) is 0 Å². The number of hydrogen-bond donors (Lipinski definition) is 0. The van der Waals surface area contributed by atoms with E-state index in [4.69, 9.17) is 15.0 Å². The lowest BCUT2D eigenvalue weighted by molar-refractivity contribution is 1.07. The Morgan fingerprint density at radius 1 is 0.346 bits per heavy atom. The summed E-state index contributed by atoms with van der Waals surface area (Å²) in [7, 11) is 0. The average Bonchev–Trinajstić information content (AvgIpc) is 3.44. The van der Waals surface area contributed by atoms with Crippen molar-refractivity contribution >= 4 is 51.0 Å². The van der Waals surface area contributed by atoms with E-state index < -0.39 is 0 Å². The highest BCUT2D eigenvalue weighted by Crippen LogP contribution is 2.45. The molecule has 0 atom stereocenters. The minimum Gasteiger partial charge on any atom is -0.309 e. The van der Waals surface area contributed by atoms with Crippen molar-refractivity contribution in [2.45, 2.75) is 0 Å². The zero-order chi connectivity index (χ0) is 34.4. The minimum absolute atomic E-state index is 0.637. The number of fused-ring (bicyclic) bond motifs is 5. The fraction of sp³-hybridized carbons (Fsp3) is 0. The SMILES string of the molecule is C1=Cc2cc3c(cc2N(c2ccccc2)c2ccccc21)c1ccccc1n3-c1ccc(-c2nc(-c3ccccc3)nc(-c3ccccc3)n2)cc1. The molecule has 5 nitrogen and oxygen atoms in total. The molecule has 0 unspecified atom stereocenters. The number of para-hydroxylation sites is 3. The van der Waals surface area contributed by atoms with Gasteiger partial charge in [-0.3, -0.25) is 0 Å². The quantitative estimate of drug-likeness (QED) is 0.184. The lowest BCUT2D eigenvalue weighted by atomic mass is 10.1. The van der Waals surface area contributed by atoms with Crippen molar-refractivity contribution in [3.05, 3.63) is 187 Å². The molecule has 10 rings (SSSR count). The van der Waals surface area contributed by atoms with E-state index in [1.165, 1.54) is 16.3 Å². The van der Waals surface area contributed by atoms with Gasteiger partial charge in [0.1, 0.15) is 0 Å². The van der Waals surface area contributed by atoms with E-state index in [-0.39, 0.29) is 0 Å². The van der Waals surface area contributed by atoms with Crippen molar-refractivity contribution in [1.82, 2.24) is 19.5 Å². The molecule has 3 heterocycles. The summed E-state index contributed by atoms with van der Waals surface area (Å²) < 4.78 is 2.37. The first kappa shape index (κ1) is 29.8. The lowest BCUT2D eigenvalue weighted by Crippen LogP contribution is -2.11. The summed E-state index contributed by atoms with van der Waals surface area (Å²) in [6.07, 6.45) is 4.48. The molecule has 1 aliphatic heterocycles. The summed E-state index contributed by atoms with van der Waals surface area (Å²) in [5.74, 6) is 1.94. The third kappa shape index (κ3) is 5.07. The second-order valence-electron chi connectivity index (χ2n) is 12.9. The van der Waals surface area contributed by atoms with Crippen LogP contribution in [-0.2, 0) is 0 Å². The molecule has 1 aliphatic rings. The van der Waals surface area contributed by atoms with Crippen LogP contribution in [0.15, 0.2) is 176 Å². The van der Waals surface area contributed by atoms with Crippen molar-refractivity contribution in [2.75, 3.05) is 4.90 Å². The Morgan fingerprint density at radius 3 is 1.56 bits per heavy atom. The molecule has 5 heteroatoms. The monoisotopic (exact) mass is 665 g/mol. The Bertz CT molecular complexity index is 2710. The van der Waals surface area contributed by atoms with Gasteiger partial charge in [0.15, 0.2) is 17.5 Å². The van der Waals surface area contributed by atoms with Gasteiger partial charge in [0.25, 0.3) is 0 Å². The molecule has 0 spiro atoms. The van der Waals surface area contributed by atoms with Gasteiger partial charge in [0, 0.05) is 44.4 Å². The van der Waals surface area contributed by atoms with Crippen LogP contribution in [0.25, 0.3) is 73.8 Å².